The van der Waals surface area contributed by atoms with Crippen molar-refractivity contribution in [1.82, 2.24) is 25.6 Å². The number of rotatable bonds is 11. The molecule has 0 aliphatic carbocycles. The van der Waals surface area contributed by atoms with Gasteiger partial charge in [0.25, 0.3) is 17.4 Å². The number of fused-ring (bicyclic) bond motifs is 1. The maximum atomic E-state index is 13.2. The Morgan fingerprint density at radius 3 is 2.59 bits per heavy atom. The highest BCUT2D eigenvalue weighted by Crippen LogP contribution is 2.25. The average molecular weight is 579 g/mol. The summed E-state index contributed by atoms with van der Waals surface area (Å²) in [5.74, 6) is -1.13. The molecule has 0 saturated heterocycles. The smallest absolute Gasteiger partial charge is 0.404 e. The maximum Gasteiger partial charge on any atom is 0.404 e. The summed E-state index contributed by atoms with van der Waals surface area (Å²) in [5.41, 5.74) is 0.619. The predicted molar refractivity (Wildman–Crippen MR) is 153 cm³/mol. The minimum atomic E-state index is -1.08. The topological polar surface area (TPSA) is 175 Å². The highest BCUT2D eigenvalue weighted by Gasteiger charge is 2.19. The number of amides is 3. The molecule has 12 nitrogen and oxygen atoms in total. The first-order chi connectivity index (χ1) is 19.7. The third-order valence-corrected chi connectivity index (χ3v) is 6.51. The van der Waals surface area contributed by atoms with Gasteiger partial charge in [-0.2, -0.15) is 4.98 Å². The quantitative estimate of drug-likeness (QED) is 0.165. The molecule has 2 aromatic heterocycles. The third kappa shape index (κ3) is 7.57. The number of unbranched alkanes of at least 4 members (excludes halogenated alkanes) is 1. The molecule has 0 aliphatic heterocycles. The van der Waals surface area contributed by atoms with Crippen LogP contribution in [0.1, 0.15) is 51.6 Å². The molecule has 0 saturated carbocycles. The number of carbonyl (C=O) groups is 3. The number of carboxylic acid groups (broad SMARTS) is 1. The molecule has 212 valence electrons. The summed E-state index contributed by atoms with van der Waals surface area (Å²) >= 11 is 6.31. The summed E-state index contributed by atoms with van der Waals surface area (Å²) in [4.78, 5) is 60.1. The monoisotopic (exact) mass is 578 g/mol. The Labute approximate surface area is 239 Å². The molecular formula is C28H27ClN6O6. The summed E-state index contributed by atoms with van der Waals surface area (Å²) in [7, 11) is 1.39. The first kappa shape index (κ1) is 29.0. The number of H-pyrrole nitrogens is 1. The number of halogens is 1. The molecule has 0 bridgehead atoms. The van der Waals surface area contributed by atoms with Crippen molar-refractivity contribution in [3.63, 3.8) is 0 Å². The van der Waals surface area contributed by atoms with Gasteiger partial charge in [0.2, 0.25) is 0 Å². The molecule has 3 amide bonds. The van der Waals surface area contributed by atoms with Gasteiger partial charge in [-0.1, -0.05) is 41.9 Å². The number of aromatic amines is 1. The van der Waals surface area contributed by atoms with E-state index in [1.807, 2.05) is 30.3 Å². The first-order valence-corrected chi connectivity index (χ1v) is 13.0. The Hall–Kier alpha value is -4.97. The molecular weight excluding hydrogens is 552 g/mol. The fourth-order valence-corrected chi connectivity index (χ4v) is 4.28. The average Bonchev–Trinajstić information content (AvgIpc) is 2.96. The molecule has 0 radical (unpaired) electrons. The number of anilines is 1. The van der Waals surface area contributed by atoms with Crippen LogP contribution in [-0.2, 0) is 0 Å². The Kier molecular flexibility index (Phi) is 9.48. The Bertz CT molecular complexity index is 1630. The molecule has 5 N–H and O–H groups in total. The second-order valence-corrected chi connectivity index (χ2v) is 9.39. The van der Waals surface area contributed by atoms with Gasteiger partial charge >= 0.3 is 12.1 Å². The Morgan fingerprint density at radius 2 is 1.85 bits per heavy atom. The molecule has 4 aromatic rings. The van der Waals surface area contributed by atoms with Crippen LogP contribution in [0.25, 0.3) is 11.0 Å². The number of pyridine rings is 1. The van der Waals surface area contributed by atoms with E-state index >= 15 is 0 Å². The molecule has 1 atom stereocenters. The van der Waals surface area contributed by atoms with Crippen LogP contribution in [0.4, 0.5) is 10.5 Å². The zero-order valence-electron chi connectivity index (χ0n) is 21.9. The van der Waals surface area contributed by atoms with Crippen molar-refractivity contribution < 1.29 is 24.2 Å². The number of ether oxygens (including phenoxy) is 1. The van der Waals surface area contributed by atoms with E-state index in [0.29, 0.717) is 31.2 Å². The van der Waals surface area contributed by atoms with E-state index in [9.17, 15) is 19.2 Å². The summed E-state index contributed by atoms with van der Waals surface area (Å²) in [6.45, 7) is 0.312. The number of hydrogen-bond donors (Lipinski definition) is 5. The number of nitrogens with one attached hydrogen (secondary N) is 4. The van der Waals surface area contributed by atoms with Gasteiger partial charge in [0.15, 0.2) is 0 Å². The van der Waals surface area contributed by atoms with E-state index in [4.69, 9.17) is 21.4 Å². The van der Waals surface area contributed by atoms with Crippen LogP contribution < -0.4 is 26.2 Å². The van der Waals surface area contributed by atoms with Gasteiger partial charge in [-0.25, -0.2) is 9.78 Å². The Morgan fingerprint density at radius 1 is 1.07 bits per heavy atom. The van der Waals surface area contributed by atoms with Crippen LogP contribution in [0.3, 0.4) is 0 Å². The first-order valence-electron chi connectivity index (χ1n) is 12.6. The maximum absolute atomic E-state index is 13.2. The van der Waals surface area contributed by atoms with E-state index in [2.05, 4.69) is 30.9 Å². The number of benzene rings is 2. The molecule has 4 rings (SSSR count). The number of carbonyl (C=O) groups excluding carboxylic acids is 2. The van der Waals surface area contributed by atoms with Crippen LogP contribution in [0.5, 0.6) is 6.01 Å². The number of nitrogens with zero attached hydrogens (tertiary/aromatic N) is 2. The normalized spacial score (nSPS) is 11.5. The van der Waals surface area contributed by atoms with Gasteiger partial charge in [0.1, 0.15) is 11.2 Å². The molecule has 1 unspecified atom stereocenters. The van der Waals surface area contributed by atoms with Crippen molar-refractivity contribution in [2.24, 2.45) is 0 Å². The molecule has 41 heavy (non-hydrogen) atoms. The lowest BCUT2D eigenvalue weighted by Crippen LogP contribution is -2.29. The zero-order chi connectivity index (χ0) is 29.4. The highest BCUT2D eigenvalue weighted by molar-refractivity contribution is 6.34. The van der Waals surface area contributed by atoms with Gasteiger partial charge in [-0.05, 0) is 49.1 Å². The summed E-state index contributed by atoms with van der Waals surface area (Å²) < 4.78 is 4.96. The minimum Gasteiger partial charge on any atom is -0.467 e. The predicted octanol–water partition coefficient (Wildman–Crippen LogP) is 4.14. The molecule has 2 aromatic carbocycles. The fourth-order valence-electron chi connectivity index (χ4n) is 4.11. The lowest BCUT2D eigenvalue weighted by molar-refractivity contribution is 0.0933. The van der Waals surface area contributed by atoms with E-state index in [-0.39, 0.29) is 39.5 Å². The summed E-state index contributed by atoms with van der Waals surface area (Å²) in [6, 6.07) is 14.9. The molecule has 0 fully saturated rings. The summed E-state index contributed by atoms with van der Waals surface area (Å²) in [6.07, 6.45) is 2.19. The molecule has 0 spiro atoms. The van der Waals surface area contributed by atoms with Gasteiger partial charge in [0.05, 0.1) is 23.9 Å². The standard InChI is InChI=1S/C28H27ClN6O6/c1-41-27-31-15-18-13-19(26(38)34-23(18)35-27)25(37)33-22-14-17(10-11-20(22)29)24(36)32-21(16-7-3-2-4-8-16)9-5-6-12-30-28(39)40/h2-4,7-8,10-11,13-15,21,30H,5-6,9,12H2,1H3,(H,32,36)(H,33,37)(H,39,40)(H,31,34,35,38). The lowest BCUT2D eigenvalue weighted by Gasteiger charge is -2.20. The summed E-state index contributed by atoms with van der Waals surface area (Å²) in [5, 5.41) is 17.3. The number of aromatic nitrogens is 3. The van der Waals surface area contributed by atoms with E-state index < -0.39 is 23.5 Å². The van der Waals surface area contributed by atoms with Crippen molar-refractivity contribution in [1.29, 1.82) is 0 Å². The zero-order valence-corrected chi connectivity index (χ0v) is 22.7. The van der Waals surface area contributed by atoms with Crippen LogP contribution in [-0.4, -0.2) is 51.6 Å². The molecule has 13 heteroatoms. The van der Waals surface area contributed by atoms with Crippen LogP contribution in [0.2, 0.25) is 5.02 Å². The SMILES string of the molecule is COc1ncc2cc(C(=O)Nc3cc(C(=O)NC(CCCCNC(=O)O)c4ccccc4)ccc3Cl)c(=O)[nH]c2n1. The van der Waals surface area contributed by atoms with Crippen LogP contribution in [0, 0.1) is 0 Å². The minimum absolute atomic E-state index is 0.0666. The highest BCUT2D eigenvalue weighted by atomic mass is 35.5. The van der Waals surface area contributed by atoms with Crippen molar-refractivity contribution in [3.05, 3.63) is 92.9 Å². The van der Waals surface area contributed by atoms with E-state index in [1.165, 1.54) is 37.6 Å². The molecule has 0 aliphatic rings. The van der Waals surface area contributed by atoms with Crippen molar-refractivity contribution in [3.8, 4) is 6.01 Å². The van der Waals surface area contributed by atoms with E-state index in [0.717, 1.165) is 5.56 Å². The van der Waals surface area contributed by atoms with Crippen molar-refractivity contribution in [2.45, 2.75) is 25.3 Å². The lowest BCUT2D eigenvalue weighted by atomic mass is 10.00. The second-order valence-electron chi connectivity index (χ2n) is 8.99. The van der Waals surface area contributed by atoms with Crippen LogP contribution in [0.15, 0.2) is 65.6 Å². The number of methoxy groups -OCH3 is 1. The van der Waals surface area contributed by atoms with Crippen LogP contribution >= 0.6 is 11.6 Å². The van der Waals surface area contributed by atoms with Gasteiger partial charge in [-0.15, -0.1) is 0 Å². The van der Waals surface area contributed by atoms with Gasteiger partial charge in [-0.3, -0.25) is 14.4 Å². The van der Waals surface area contributed by atoms with Crippen molar-refractivity contribution in [2.75, 3.05) is 19.0 Å². The van der Waals surface area contributed by atoms with Gasteiger partial charge in [0, 0.05) is 23.7 Å². The fraction of sp³-hybridized carbons (Fsp3) is 0.214. The largest absolute Gasteiger partial charge is 0.467 e. The molecule has 2 heterocycles. The van der Waals surface area contributed by atoms with E-state index in [1.54, 1.807) is 0 Å². The number of hydrogen-bond acceptors (Lipinski definition) is 7. The third-order valence-electron chi connectivity index (χ3n) is 6.18. The second kappa shape index (κ2) is 13.4. The van der Waals surface area contributed by atoms with Crippen molar-refractivity contribution >= 4 is 46.2 Å². The van der Waals surface area contributed by atoms with Gasteiger partial charge < -0.3 is 30.8 Å². The Balaban J connectivity index is 1.49.